The zero-order chi connectivity index (χ0) is 22.5. The predicted molar refractivity (Wildman–Crippen MR) is 124 cm³/mol. The minimum absolute atomic E-state index is 0.229. The molecule has 0 aliphatic heterocycles. The number of methoxy groups -OCH3 is 2. The molecule has 1 aliphatic rings. The van der Waals surface area contributed by atoms with Crippen molar-refractivity contribution >= 4 is 28.5 Å². The van der Waals surface area contributed by atoms with Crippen molar-refractivity contribution in [2.24, 2.45) is 0 Å². The van der Waals surface area contributed by atoms with Crippen molar-refractivity contribution in [1.82, 2.24) is 4.98 Å². The zero-order valence-corrected chi connectivity index (χ0v) is 18.6. The Bertz CT molecular complexity index is 1170. The lowest BCUT2D eigenvalue weighted by Crippen LogP contribution is -2.14. The van der Waals surface area contributed by atoms with E-state index in [1.807, 2.05) is 49.4 Å². The van der Waals surface area contributed by atoms with E-state index in [0.717, 1.165) is 46.1 Å². The smallest absolute Gasteiger partial charge is 0.339 e. The maximum Gasteiger partial charge on any atom is 0.339 e. The number of para-hydroxylation sites is 1. The van der Waals surface area contributed by atoms with Gasteiger partial charge in [-0.05, 0) is 60.7 Å². The van der Waals surface area contributed by atoms with E-state index >= 15 is 0 Å². The topological polar surface area (TPSA) is 66.9 Å². The summed E-state index contributed by atoms with van der Waals surface area (Å²) in [6, 6.07) is 13.5. The molecule has 0 atom stereocenters. The number of hydrogen-bond acceptors (Lipinski definition) is 6. The average Bonchev–Trinajstić information content (AvgIpc) is 3.21. The van der Waals surface area contributed by atoms with Crippen molar-refractivity contribution in [3.8, 4) is 11.5 Å². The van der Waals surface area contributed by atoms with Crippen LogP contribution in [0.5, 0.6) is 11.5 Å². The van der Waals surface area contributed by atoms with Crippen LogP contribution in [0.3, 0.4) is 0 Å². The zero-order valence-electron chi connectivity index (χ0n) is 18.6. The van der Waals surface area contributed by atoms with Crippen LogP contribution in [0.1, 0.15) is 40.5 Å². The molecular weight excluding hydrogens is 406 g/mol. The predicted octanol–water partition coefficient (Wildman–Crippen LogP) is 4.93. The van der Waals surface area contributed by atoms with Crippen LogP contribution in [0.25, 0.3) is 22.6 Å². The highest BCUT2D eigenvalue weighted by atomic mass is 16.6. The second-order valence-electron chi connectivity index (χ2n) is 7.45. The number of nitrogens with zero attached hydrogens (tertiary/aromatic N) is 1. The standard InChI is InChI=1S/C26H27NO5/c1-4-31-13-14-32-26(28)24-19-7-5-6-8-21(19)27-25-18(10-11-20(24)25)15-17-9-12-22(29-2)23(16-17)30-3/h5-9,12,15-16H,4,10-11,13-14H2,1-3H3. The van der Waals surface area contributed by atoms with Gasteiger partial charge in [0.05, 0.1) is 37.6 Å². The van der Waals surface area contributed by atoms with Crippen molar-refractivity contribution < 1.29 is 23.7 Å². The highest BCUT2D eigenvalue weighted by Crippen LogP contribution is 2.38. The number of hydrogen-bond donors (Lipinski definition) is 0. The Kier molecular flexibility index (Phi) is 6.71. The molecule has 1 aromatic heterocycles. The summed E-state index contributed by atoms with van der Waals surface area (Å²) in [5.41, 5.74) is 5.26. The van der Waals surface area contributed by atoms with Gasteiger partial charge >= 0.3 is 5.97 Å². The summed E-state index contributed by atoms with van der Waals surface area (Å²) in [5.74, 6) is 1.03. The number of allylic oxidation sites excluding steroid dienone is 1. The van der Waals surface area contributed by atoms with Gasteiger partial charge in [0.25, 0.3) is 0 Å². The van der Waals surface area contributed by atoms with Gasteiger partial charge in [-0.2, -0.15) is 0 Å². The quantitative estimate of drug-likeness (QED) is 0.371. The first kappa shape index (κ1) is 21.8. The summed E-state index contributed by atoms with van der Waals surface area (Å²) < 4.78 is 21.6. The number of pyridine rings is 1. The molecule has 0 saturated heterocycles. The minimum Gasteiger partial charge on any atom is -0.493 e. The number of carbonyl (C=O) groups excluding carboxylic acids is 1. The van der Waals surface area contributed by atoms with E-state index in [0.29, 0.717) is 30.3 Å². The Labute approximate surface area is 187 Å². The molecule has 3 aromatic rings. The van der Waals surface area contributed by atoms with E-state index < -0.39 is 0 Å². The van der Waals surface area contributed by atoms with E-state index in [1.54, 1.807) is 14.2 Å². The van der Waals surface area contributed by atoms with Crippen LogP contribution in [-0.2, 0) is 15.9 Å². The fourth-order valence-corrected chi connectivity index (χ4v) is 4.07. The first-order valence-corrected chi connectivity index (χ1v) is 10.8. The number of rotatable bonds is 8. The lowest BCUT2D eigenvalue weighted by atomic mass is 10.0. The van der Waals surface area contributed by atoms with Crippen LogP contribution in [0, 0.1) is 0 Å². The minimum atomic E-state index is -0.327. The van der Waals surface area contributed by atoms with Gasteiger partial charge in [0.15, 0.2) is 11.5 Å². The summed E-state index contributed by atoms with van der Waals surface area (Å²) in [6.07, 6.45) is 3.63. The molecular formula is C26H27NO5. The highest BCUT2D eigenvalue weighted by Gasteiger charge is 2.27. The maximum absolute atomic E-state index is 13.0. The summed E-state index contributed by atoms with van der Waals surface area (Å²) in [5, 5.41) is 0.819. The van der Waals surface area contributed by atoms with Gasteiger partial charge in [-0.3, -0.25) is 0 Å². The van der Waals surface area contributed by atoms with Gasteiger partial charge in [0.1, 0.15) is 6.61 Å². The maximum atomic E-state index is 13.0. The monoisotopic (exact) mass is 433 g/mol. The fraction of sp³-hybridized carbons (Fsp3) is 0.308. The average molecular weight is 434 g/mol. The third kappa shape index (κ3) is 4.32. The van der Waals surface area contributed by atoms with Gasteiger partial charge in [-0.15, -0.1) is 0 Å². The van der Waals surface area contributed by atoms with Crippen LogP contribution in [0.2, 0.25) is 0 Å². The van der Waals surface area contributed by atoms with Crippen LogP contribution in [-0.4, -0.2) is 45.0 Å². The first-order chi connectivity index (χ1) is 15.7. The molecule has 6 nitrogen and oxygen atoms in total. The molecule has 0 radical (unpaired) electrons. The normalized spacial score (nSPS) is 13.9. The molecule has 4 rings (SSSR count). The van der Waals surface area contributed by atoms with Crippen molar-refractivity contribution in [2.45, 2.75) is 19.8 Å². The van der Waals surface area contributed by atoms with E-state index in [4.69, 9.17) is 23.9 Å². The molecule has 0 N–H and O–H groups in total. The van der Waals surface area contributed by atoms with E-state index in [1.165, 1.54) is 0 Å². The largest absolute Gasteiger partial charge is 0.493 e. The van der Waals surface area contributed by atoms with Gasteiger partial charge in [-0.25, -0.2) is 9.78 Å². The van der Waals surface area contributed by atoms with E-state index in [-0.39, 0.29) is 12.6 Å². The summed E-state index contributed by atoms with van der Waals surface area (Å²) in [4.78, 5) is 18.0. The number of ether oxygens (including phenoxy) is 4. The molecule has 0 saturated carbocycles. The molecule has 166 valence electrons. The van der Waals surface area contributed by atoms with Crippen molar-refractivity contribution in [3.63, 3.8) is 0 Å². The molecule has 0 fully saturated rings. The molecule has 32 heavy (non-hydrogen) atoms. The number of aromatic nitrogens is 1. The van der Waals surface area contributed by atoms with Crippen LogP contribution < -0.4 is 9.47 Å². The molecule has 1 heterocycles. The third-order valence-electron chi connectivity index (χ3n) is 5.56. The van der Waals surface area contributed by atoms with Gasteiger partial charge in [0, 0.05) is 12.0 Å². The number of benzene rings is 2. The molecule has 6 heteroatoms. The molecule has 2 aromatic carbocycles. The Balaban J connectivity index is 1.74. The highest BCUT2D eigenvalue weighted by molar-refractivity contribution is 6.07. The Hall–Kier alpha value is -3.38. The second kappa shape index (κ2) is 9.83. The van der Waals surface area contributed by atoms with Crippen molar-refractivity contribution in [2.75, 3.05) is 34.0 Å². The first-order valence-electron chi connectivity index (χ1n) is 10.8. The molecule has 0 spiro atoms. The third-order valence-corrected chi connectivity index (χ3v) is 5.56. The van der Waals surface area contributed by atoms with Gasteiger partial charge in [0.2, 0.25) is 0 Å². The molecule has 0 amide bonds. The lowest BCUT2D eigenvalue weighted by Gasteiger charge is -2.12. The molecule has 1 aliphatic carbocycles. The summed E-state index contributed by atoms with van der Waals surface area (Å²) in [6.45, 7) is 3.12. The van der Waals surface area contributed by atoms with Crippen LogP contribution in [0.4, 0.5) is 0 Å². The van der Waals surface area contributed by atoms with E-state index in [9.17, 15) is 4.79 Å². The Morgan fingerprint density at radius 1 is 1.03 bits per heavy atom. The lowest BCUT2D eigenvalue weighted by molar-refractivity contribution is 0.0336. The van der Waals surface area contributed by atoms with Crippen LogP contribution in [0.15, 0.2) is 42.5 Å². The number of carbonyl (C=O) groups is 1. The fourth-order valence-electron chi connectivity index (χ4n) is 4.07. The Morgan fingerprint density at radius 3 is 2.62 bits per heavy atom. The van der Waals surface area contributed by atoms with Gasteiger partial charge < -0.3 is 18.9 Å². The molecule has 0 bridgehead atoms. The SMILES string of the molecule is CCOCCOC(=O)c1c2c(nc3ccccc13)C(=Cc1ccc(OC)c(OC)c1)CC2. The van der Waals surface area contributed by atoms with Crippen molar-refractivity contribution in [3.05, 3.63) is 64.8 Å². The summed E-state index contributed by atoms with van der Waals surface area (Å²) >= 11 is 0. The van der Waals surface area contributed by atoms with Gasteiger partial charge in [-0.1, -0.05) is 24.3 Å². The van der Waals surface area contributed by atoms with Crippen molar-refractivity contribution in [1.29, 1.82) is 0 Å². The number of fused-ring (bicyclic) bond motifs is 2. The van der Waals surface area contributed by atoms with E-state index in [2.05, 4.69) is 6.08 Å². The molecule has 0 unspecified atom stereocenters. The summed E-state index contributed by atoms with van der Waals surface area (Å²) in [7, 11) is 3.24. The Morgan fingerprint density at radius 2 is 1.84 bits per heavy atom. The van der Waals surface area contributed by atoms with Crippen LogP contribution >= 0.6 is 0 Å². The second-order valence-corrected chi connectivity index (χ2v) is 7.45. The number of esters is 1.